The summed E-state index contributed by atoms with van der Waals surface area (Å²) >= 11 is 0. The van der Waals surface area contributed by atoms with Crippen LogP contribution in [0.25, 0.3) is 0 Å². The Bertz CT molecular complexity index is 712. The van der Waals surface area contributed by atoms with Gasteiger partial charge in [0.25, 0.3) is 5.91 Å². The smallest absolute Gasteiger partial charge is 0.337 e. The lowest BCUT2D eigenvalue weighted by Gasteiger charge is -2.18. The summed E-state index contributed by atoms with van der Waals surface area (Å²) in [4.78, 5) is 33.6. The van der Waals surface area contributed by atoms with Crippen LogP contribution in [0, 0.1) is 0 Å². The number of ether oxygens (including phenoxy) is 1. The van der Waals surface area contributed by atoms with Crippen LogP contribution in [-0.4, -0.2) is 46.9 Å². The Kier molecular flexibility index (Phi) is 5.83. The van der Waals surface area contributed by atoms with Crippen LogP contribution >= 0.6 is 0 Å². The molecule has 0 atom stereocenters. The van der Waals surface area contributed by atoms with Gasteiger partial charge in [-0.2, -0.15) is 0 Å². The lowest BCUT2D eigenvalue weighted by atomic mass is 10.2. The van der Waals surface area contributed by atoms with E-state index in [0.717, 1.165) is 5.69 Å². The number of anilines is 2. The first kappa shape index (κ1) is 17.4. The van der Waals surface area contributed by atoms with Gasteiger partial charge in [0.05, 0.1) is 12.7 Å². The molecule has 7 nitrogen and oxygen atoms in total. The molecule has 0 unspecified atom stereocenters. The van der Waals surface area contributed by atoms with E-state index < -0.39 is 5.97 Å². The van der Waals surface area contributed by atoms with Gasteiger partial charge in [-0.1, -0.05) is 0 Å². The first-order chi connectivity index (χ1) is 11.6. The van der Waals surface area contributed by atoms with Crippen molar-refractivity contribution < 1.29 is 14.3 Å². The number of esters is 1. The molecule has 0 radical (unpaired) electrons. The van der Waals surface area contributed by atoms with E-state index in [1.54, 1.807) is 35.2 Å². The predicted molar refractivity (Wildman–Crippen MR) is 90.3 cm³/mol. The van der Waals surface area contributed by atoms with Gasteiger partial charge in [0, 0.05) is 24.8 Å². The molecule has 0 saturated heterocycles. The summed E-state index contributed by atoms with van der Waals surface area (Å²) in [6.45, 7) is 5.09. The second-order valence-electron chi connectivity index (χ2n) is 4.96. The van der Waals surface area contributed by atoms with E-state index in [2.05, 4.69) is 20.0 Å². The molecule has 1 heterocycles. The molecule has 0 aliphatic heterocycles. The molecule has 0 fully saturated rings. The van der Waals surface area contributed by atoms with Gasteiger partial charge in [-0.3, -0.25) is 4.79 Å². The molecule has 2 rings (SSSR count). The number of hydrogen-bond acceptors (Lipinski definition) is 6. The highest BCUT2D eigenvalue weighted by Gasteiger charge is 2.14. The second-order valence-corrected chi connectivity index (χ2v) is 4.96. The van der Waals surface area contributed by atoms with Gasteiger partial charge in [0.2, 0.25) is 0 Å². The minimum atomic E-state index is -0.393. The van der Waals surface area contributed by atoms with Crippen molar-refractivity contribution in [2.45, 2.75) is 13.8 Å². The molecule has 0 aliphatic rings. The largest absolute Gasteiger partial charge is 0.465 e. The maximum Gasteiger partial charge on any atom is 0.337 e. The Morgan fingerprint density at radius 1 is 1.12 bits per heavy atom. The quantitative estimate of drug-likeness (QED) is 0.820. The zero-order valence-corrected chi connectivity index (χ0v) is 13.9. The number of nitrogens with one attached hydrogen (secondary N) is 1. The minimum Gasteiger partial charge on any atom is -0.465 e. The molecule has 2 aromatic rings. The maximum atomic E-state index is 12.3. The number of methoxy groups -OCH3 is 1. The van der Waals surface area contributed by atoms with Crippen LogP contribution in [0.5, 0.6) is 0 Å². The number of hydrogen-bond donors (Lipinski definition) is 1. The van der Waals surface area contributed by atoms with Gasteiger partial charge < -0.3 is 15.0 Å². The van der Waals surface area contributed by atoms with E-state index in [1.807, 2.05) is 13.8 Å². The molecule has 126 valence electrons. The summed E-state index contributed by atoms with van der Waals surface area (Å²) in [6.07, 6.45) is 1.35. The monoisotopic (exact) mass is 328 g/mol. The van der Waals surface area contributed by atoms with E-state index in [1.165, 1.54) is 13.4 Å². The lowest BCUT2D eigenvalue weighted by Crippen LogP contribution is -2.31. The zero-order valence-electron chi connectivity index (χ0n) is 13.9. The van der Waals surface area contributed by atoms with Crippen molar-refractivity contribution >= 4 is 23.4 Å². The fourth-order valence-electron chi connectivity index (χ4n) is 2.17. The highest BCUT2D eigenvalue weighted by Crippen LogP contribution is 2.16. The summed E-state index contributed by atoms with van der Waals surface area (Å²) < 4.78 is 4.66. The van der Waals surface area contributed by atoms with E-state index in [0.29, 0.717) is 30.2 Å². The fourth-order valence-corrected chi connectivity index (χ4v) is 2.17. The van der Waals surface area contributed by atoms with Gasteiger partial charge in [-0.25, -0.2) is 14.8 Å². The third-order valence-electron chi connectivity index (χ3n) is 3.52. The number of aromatic nitrogens is 2. The Hall–Kier alpha value is -2.96. The topological polar surface area (TPSA) is 84.4 Å². The summed E-state index contributed by atoms with van der Waals surface area (Å²) in [5.41, 5.74) is 1.54. The van der Waals surface area contributed by atoms with Crippen LogP contribution in [0.1, 0.15) is 34.7 Å². The number of amides is 1. The van der Waals surface area contributed by atoms with Crippen molar-refractivity contribution in [2.75, 3.05) is 25.5 Å². The second kappa shape index (κ2) is 8.05. The Labute approximate surface area is 140 Å². The maximum absolute atomic E-state index is 12.3. The molecule has 0 bridgehead atoms. The van der Waals surface area contributed by atoms with Gasteiger partial charge in [-0.15, -0.1) is 0 Å². The normalized spacial score (nSPS) is 10.1. The number of nitrogens with zero attached hydrogens (tertiary/aromatic N) is 3. The van der Waals surface area contributed by atoms with Crippen molar-refractivity contribution in [1.82, 2.24) is 14.9 Å². The number of carbonyl (C=O) groups is 2. The van der Waals surface area contributed by atoms with Crippen molar-refractivity contribution in [3.63, 3.8) is 0 Å². The van der Waals surface area contributed by atoms with Crippen molar-refractivity contribution in [2.24, 2.45) is 0 Å². The van der Waals surface area contributed by atoms with Crippen LogP contribution in [0.3, 0.4) is 0 Å². The molecular weight excluding hydrogens is 308 g/mol. The average molecular weight is 328 g/mol. The number of rotatable bonds is 6. The Morgan fingerprint density at radius 3 is 2.38 bits per heavy atom. The van der Waals surface area contributed by atoms with Crippen LogP contribution in [0.15, 0.2) is 36.7 Å². The molecule has 24 heavy (non-hydrogen) atoms. The summed E-state index contributed by atoms with van der Waals surface area (Å²) in [7, 11) is 1.34. The van der Waals surface area contributed by atoms with Crippen LogP contribution in [-0.2, 0) is 4.74 Å². The van der Waals surface area contributed by atoms with Crippen molar-refractivity contribution in [3.05, 3.63) is 47.9 Å². The highest BCUT2D eigenvalue weighted by molar-refractivity contribution is 5.93. The highest BCUT2D eigenvalue weighted by atomic mass is 16.5. The van der Waals surface area contributed by atoms with E-state index in [-0.39, 0.29) is 5.91 Å². The predicted octanol–water partition coefficient (Wildman–Crippen LogP) is 2.49. The van der Waals surface area contributed by atoms with Gasteiger partial charge >= 0.3 is 5.97 Å². The third kappa shape index (κ3) is 4.07. The molecule has 0 saturated carbocycles. The standard InChI is InChI=1S/C17H20N4O3/c1-4-21(5-2)16(22)14-10-15(19-11-18-14)20-13-8-6-12(7-9-13)17(23)24-3/h6-11H,4-5H2,1-3H3,(H,18,19,20). The molecule has 1 amide bonds. The first-order valence-corrected chi connectivity index (χ1v) is 7.65. The molecule has 0 aliphatic carbocycles. The van der Waals surface area contributed by atoms with Gasteiger partial charge in [0.1, 0.15) is 17.8 Å². The first-order valence-electron chi connectivity index (χ1n) is 7.65. The zero-order chi connectivity index (χ0) is 17.5. The van der Waals surface area contributed by atoms with Crippen molar-refractivity contribution in [3.8, 4) is 0 Å². The minimum absolute atomic E-state index is 0.133. The number of carbonyl (C=O) groups excluding carboxylic acids is 2. The Balaban J connectivity index is 2.14. The van der Waals surface area contributed by atoms with Crippen LogP contribution in [0.2, 0.25) is 0 Å². The third-order valence-corrected chi connectivity index (χ3v) is 3.52. The molecule has 1 aromatic heterocycles. The average Bonchev–Trinajstić information content (AvgIpc) is 2.63. The summed E-state index contributed by atoms with van der Waals surface area (Å²) in [5.74, 6) is -0.0199. The van der Waals surface area contributed by atoms with E-state index >= 15 is 0 Å². The molecule has 0 spiro atoms. The summed E-state index contributed by atoms with van der Waals surface area (Å²) in [5, 5.41) is 3.08. The molecular formula is C17H20N4O3. The lowest BCUT2D eigenvalue weighted by molar-refractivity contribution is 0.0600. The van der Waals surface area contributed by atoms with Gasteiger partial charge in [0.15, 0.2) is 0 Å². The van der Waals surface area contributed by atoms with Gasteiger partial charge in [-0.05, 0) is 38.1 Å². The van der Waals surface area contributed by atoms with Crippen molar-refractivity contribution in [1.29, 1.82) is 0 Å². The molecule has 7 heteroatoms. The van der Waals surface area contributed by atoms with Crippen LogP contribution < -0.4 is 5.32 Å². The van der Waals surface area contributed by atoms with E-state index in [4.69, 9.17) is 0 Å². The fraction of sp³-hybridized carbons (Fsp3) is 0.294. The molecule has 1 N–H and O–H groups in total. The molecule has 1 aromatic carbocycles. The Morgan fingerprint density at radius 2 is 1.79 bits per heavy atom. The van der Waals surface area contributed by atoms with Crippen LogP contribution in [0.4, 0.5) is 11.5 Å². The number of benzene rings is 1. The summed E-state index contributed by atoms with van der Waals surface area (Å²) in [6, 6.07) is 8.38. The SMILES string of the molecule is CCN(CC)C(=O)c1cc(Nc2ccc(C(=O)OC)cc2)ncn1. The van der Waals surface area contributed by atoms with E-state index in [9.17, 15) is 9.59 Å².